The molecule has 0 unspecified atom stereocenters. The molecule has 1 saturated heterocycles. The van der Waals surface area contributed by atoms with Crippen molar-refractivity contribution in [1.82, 2.24) is 0 Å². The van der Waals surface area contributed by atoms with Gasteiger partial charge in [0.15, 0.2) is 5.75 Å². The van der Waals surface area contributed by atoms with Crippen molar-refractivity contribution in [3.8, 4) is 5.75 Å². The number of fused-ring (bicyclic) bond motifs is 5. The standard InChI is InChI=1S/C20H15NO4S/c22-18-16-11-7-8-12(10-11)17(16)19(23)21(18)13-4-1-2-5-14(13)25-20(24)15-6-3-9-26-15/h1-9,11-12,16-17H,10H2/t11-,12-,16+,17+/m0/s1. The van der Waals surface area contributed by atoms with Crippen LogP contribution in [0.2, 0.25) is 0 Å². The van der Waals surface area contributed by atoms with Crippen LogP contribution in [0.25, 0.3) is 0 Å². The molecule has 5 rings (SSSR count). The van der Waals surface area contributed by atoms with Crippen LogP contribution in [-0.4, -0.2) is 17.8 Å². The molecule has 1 saturated carbocycles. The molecule has 3 aliphatic rings. The number of nitrogens with zero attached hydrogens (tertiary/aromatic N) is 1. The van der Waals surface area contributed by atoms with E-state index < -0.39 is 5.97 Å². The van der Waals surface area contributed by atoms with Crippen molar-refractivity contribution >= 4 is 34.8 Å². The van der Waals surface area contributed by atoms with Crippen LogP contribution < -0.4 is 9.64 Å². The van der Waals surface area contributed by atoms with Crippen LogP contribution in [0.5, 0.6) is 5.75 Å². The van der Waals surface area contributed by atoms with E-state index >= 15 is 0 Å². The lowest BCUT2D eigenvalue weighted by Gasteiger charge is -2.19. The van der Waals surface area contributed by atoms with Gasteiger partial charge in [0, 0.05) is 0 Å². The van der Waals surface area contributed by atoms with Crippen molar-refractivity contribution in [2.24, 2.45) is 23.7 Å². The highest BCUT2D eigenvalue weighted by Gasteiger charge is 2.59. The molecule has 2 aromatic rings. The summed E-state index contributed by atoms with van der Waals surface area (Å²) < 4.78 is 5.50. The average Bonchev–Trinajstić information content (AvgIpc) is 3.41. The summed E-state index contributed by atoms with van der Waals surface area (Å²) in [6.07, 6.45) is 5.00. The Morgan fingerprint density at radius 2 is 1.69 bits per heavy atom. The van der Waals surface area contributed by atoms with Crippen molar-refractivity contribution in [2.75, 3.05) is 4.90 Å². The zero-order chi connectivity index (χ0) is 17.8. The molecule has 1 aliphatic heterocycles. The number of rotatable bonds is 3. The monoisotopic (exact) mass is 365 g/mol. The van der Waals surface area contributed by atoms with Gasteiger partial charge in [-0.15, -0.1) is 11.3 Å². The van der Waals surface area contributed by atoms with E-state index in [2.05, 4.69) is 12.2 Å². The molecule has 130 valence electrons. The summed E-state index contributed by atoms with van der Waals surface area (Å²) in [5.74, 6) is -0.897. The first-order chi connectivity index (χ1) is 12.6. The quantitative estimate of drug-likeness (QED) is 0.362. The van der Waals surface area contributed by atoms with E-state index in [9.17, 15) is 14.4 Å². The second kappa shape index (κ2) is 5.64. The third-order valence-electron chi connectivity index (χ3n) is 5.50. The highest BCUT2D eigenvalue weighted by atomic mass is 32.1. The van der Waals surface area contributed by atoms with Gasteiger partial charge in [0.1, 0.15) is 4.88 Å². The minimum Gasteiger partial charge on any atom is -0.420 e. The molecule has 0 N–H and O–H groups in total. The molecule has 6 heteroatoms. The van der Waals surface area contributed by atoms with E-state index in [1.807, 2.05) is 0 Å². The van der Waals surface area contributed by atoms with Gasteiger partial charge in [0.25, 0.3) is 0 Å². The van der Waals surface area contributed by atoms with E-state index in [0.29, 0.717) is 10.6 Å². The lowest BCUT2D eigenvalue weighted by Crippen LogP contribution is -2.33. The number of allylic oxidation sites excluding steroid dienone is 2. The fourth-order valence-corrected chi connectivity index (χ4v) is 5.01. The van der Waals surface area contributed by atoms with Gasteiger partial charge in [-0.3, -0.25) is 9.59 Å². The SMILES string of the molecule is O=C(Oc1ccccc1N1C(=O)[C@H]2[C@H](C1=O)[C@H]1C=C[C@H]2C1)c1cccs1. The van der Waals surface area contributed by atoms with Crippen molar-refractivity contribution < 1.29 is 19.1 Å². The third-order valence-corrected chi connectivity index (χ3v) is 6.35. The lowest BCUT2D eigenvalue weighted by atomic mass is 9.85. The first-order valence-electron chi connectivity index (χ1n) is 8.56. The molecular formula is C20H15NO4S. The first-order valence-corrected chi connectivity index (χ1v) is 9.44. The molecule has 2 bridgehead atoms. The molecule has 1 aromatic heterocycles. The number of amides is 2. The molecule has 2 aliphatic carbocycles. The number of hydrogen-bond acceptors (Lipinski definition) is 5. The summed E-state index contributed by atoms with van der Waals surface area (Å²) >= 11 is 1.28. The minimum atomic E-state index is -0.492. The van der Waals surface area contributed by atoms with Gasteiger partial charge in [0.2, 0.25) is 11.8 Å². The maximum absolute atomic E-state index is 13.0. The summed E-state index contributed by atoms with van der Waals surface area (Å²) in [5, 5.41) is 1.79. The summed E-state index contributed by atoms with van der Waals surface area (Å²) in [6, 6.07) is 10.2. The molecule has 2 amide bonds. The van der Waals surface area contributed by atoms with Crippen LogP contribution >= 0.6 is 11.3 Å². The first kappa shape index (κ1) is 15.5. The van der Waals surface area contributed by atoms with E-state index in [0.717, 1.165) is 6.42 Å². The predicted molar refractivity (Wildman–Crippen MR) is 95.9 cm³/mol. The lowest BCUT2D eigenvalue weighted by molar-refractivity contribution is -0.123. The smallest absolute Gasteiger partial charge is 0.353 e. The van der Waals surface area contributed by atoms with Gasteiger partial charge in [-0.25, -0.2) is 9.69 Å². The van der Waals surface area contributed by atoms with E-state index in [-0.39, 0.29) is 41.2 Å². The average molecular weight is 365 g/mol. The zero-order valence-electron chi connectivity index (χ0n) is 13.7. The van der Waals surface area contributed by atoms with E-state index in [1.165, 1.54) is 16.2 Å². The van der Waals surface area contributed by atoms with Gasteiger partial charge in [-0.2, -0.15) is 0 Å². The molecule has 1 aromatic carbocycles. The minimum absolute atomic E-state index is 0.146. The van der Waals surface area contributed by atoms with E-state index in [4.69, 9.17) is 4.74 Å². The second-order valence-corrected chi connectivity index (χ2v) is 7.79. The number of para-hydroxylation sites is 2. The Bertz CT molecular complexity index is 918. The summed E-state index contributed by atoms with van der Waals surface area (Å²) in [6.45, 7) is 0. The van der Waals surface area contributed by atoms with Crippen molar-refractivity contribution in [1.29, 1.82) is 0 Å². The Kier molecular flexibility index (Phi) is 3.37. The number of anilines is 1. The summed E-state index contributed by atoms with van der Waals surface area (Å²) in [4.78, 5) is 40.0. The Labute approximate surface area is 153 Å². The molecule has 5 nitrogen and oxygen atoms in total. The number of esters is 1. The van der Waals surface area contributed by atoms with Crippen LogP contribution in [0.1, 0.15) is 16.1 Å². The molecule has 0 spiro atoms. The molecular weight excluding hydrogens is 350 g/mol. The Balaban J connectivity index is 1.49. The number of carbonyl (C=O) groups is 3. The molecule has 4 atom stereocenters. The van der Waals surface area contributed by atoms with Crippen molar-refractivity contribution in [2.45, 2.75) is 6.42 Å². The van der Waals surface area contributed by atoms with Crippen LogP contribution in [-0.2, 0) is 9.59 Å². The fraction of sp³-hybridized carbons (Fsp3) is 0.250. The highest BCUT2D eigenvalue weighted by molar-refractivity contribution is 7.12. The number of hydrogen-bond donors (Lipinski definition) is 0. The van der Waals surface area contributed by atoms with Crippen LogP contribution in [0.4, 0.5) is 5.69 Å². The Morgan fingerprint density at radius 3 is 2.35 bits per heavy atom. The van der Waals surface area contributed by atoms with Gasteiger partial charge in [-0.05, 0) is 41.8 Å². The third kappa shape index (κ3) is 2.12. The molecule has 0 radical (unpaired) electrons. The largest absolute Gasteiger partial charge is 0.420 e. The normalized spacial score (nSPS) is 28.7. The van der Waals surface area contributed by atoms with Crippen molar-refractivity contribution in [3.63, 3.8) is 0 Å². The second-order valence-electron chi connectivity index (χ2n) is 6.85. The molecule has 2 fully saturated rings. The molecule has 26 heavy (non-hydrogen) atoms. The van der Waals surface area contributed by atoms with Gasteiger partial charge in [0.05, 0.1) is 17.5 Å². The number of thiophene rings is 1. The maximum atomic E-state index is 13.0. The van der Waals surface area contributed by atoms with Gasteiger partial charge >= 0.3 is 5.97 Å². The van der Waals surface area contributed by atoms with Gasteiger partial charge in [-0.1, -0.05) is 30.4 Å². The van der Waals surface area contributed by atoms with Crippen molar-refractivity contribution in [3.05, 3.63) is 58.8 Å². The number of imide groups is 1. The predicted octanol–water partition coefficient (Wildman–Crippen LogP) is 3.28. The number of benzene rings is 1. The van der Waals surface area contributed by atoms with Gasteiger partial charge < -0.3 is 4.74 Å². The summed E-state index contributed by atoms with van der Waals surface area (Å²) in [5.41, 5.74) is 0.348. The van der Waals surface area contributed by atoms with Crippen LogP contribution in [0, 0.1) is 23.7 Å². The summed E-state index contributed by atoms with van der Waals surface area (Å²) in [7, 11) is 0. The Morgan fingerprint density at radius 1 is 1.00 bits per heavy atom. The highest BCUT2D eigenvalue weighted by Crippen LogP contribution is 2.53. The Hall–Kier alpha value is -2.73. The number of carbonyl (C=O) groups excluding carboxylic acids is 3. The zero-order valence-corrected chi connectivity index (χ0v) is 14.5. The topological polar surface area (TPSA) is 63.7 Å². The molecule has 2 heterocycles. The number of ether oxygens (including phenoxy) is 1. The van der Waals surface area contributed by atoms with E-state index in [1.54, 1.807) is 41.8 Å². The fourth-order valence-electron chi connectivity index (χ4n) is 4.41. The van der Waals surface area contributed by atoms with Crippen LogP contribution in [0.3, 0.4) is 0 Å². The maximum Gasteiger partial charge on any atom is 0.353 e. The van der Waals surface area contributed by atoms with Crippen LogP contribution in [0.15, 0.2) is 53.9 Å².